The molecule has 102 valence electrons. The monoisotopic (exact) mass is 342 g/mol. The van der Waals surface area contributed by atoms with E-state index in [1.54, 1.807) is 12.1 Å². The summed E-state index contributed by atoms with van der Waals surface area (Å²) < 4.78 is 2.42. The highest BCUT2D eigenvalue weighted by Gasteiger charge is 2.12. The molecule has 0 atom stereocenters. The summed E-state index contributed by atoms with van der Waals surface area (Å²) in [5.41, 5.74) is 3.75. The minimum absolute atomic E-state index is 0.419. The highest BCUT2D eigenvalue weighted by molar-refractivity contribution is 7.71. The Labute approximate surface area is 135 Å². The fraction of sp³-hybridized carbons (Fsp3) is 0.0714. The molecular formula is C14H9Cl3N2S. The van der Waals surface area contributed by atoms with Gasteiger partial charge in [0.15, 0.2) is 4.77 Å². The van der Waals surface area contributed by atoms with E-state index in [2.05, 4.69) is 4.98 Å². The normalized spacial score (nSPS) is 11.2. The van der Waals surface area contributed by atoms with E-state index in [1.807, 2.05) is 29.7 Å². The van der Waals surface area contributed by atoms with E-state index in [0.717, 1.165) is 16.6 Å². The lowest BCUT2D eigenvalue weighted by Crippen LogP contribution is -1.95. The van der Waals surface area contributed by atoms with Crippen LogP contribution in [0, 0.1) is 11.7 Å². The Morgan fingerprint density at radius 1 is 1.00 bits per heavy atom. The molecule has 0 bridgehead atoms. The van der Waals surface area contributed by atoms with E-state index < -0.39 is 0 Å². The summed E-state index contributed by atoms with van der Waals surface area (Å²) in [6, 6.07) is 9.39. The number of aromatic nitrogens is 2. The first-order valence-corrected chi connectivity index (χ1v) is 7.38. The van der Waals surface area contributed by atoms with Crippen LogP contribution in [0.1, 0.15) is 5.56 Å². The molecule has 0 unspecified atom stereocenters. The number of aryl methyl sites for hydroxylation is 1. The first-order chi connectivity index (χ1) is 9.47. The quantitative estimate of drug-likeness (QED) is 0.427. The van der Waals surface area contributed by atoms with E-state index in [1.165, 1.54) is 0 Å². The average molecular weight is 344 g/mol. The van der Waals surface area contributed by atoms with Crippen LogP contribution in [0.3, 0.4) is 0 Å². The topological polar surface area (TPSA) is 20.7 Å². The third-order valence-corrected chi connectivity index (χ3v) is 4.38. The molecule has 6 heteroatoms. The van der Waals surface area contributed by atoms with Crippen LogP contribution in [0.15, 0.2) is 30.3 Å². The highest BCUT2D eigenvalue weighted by Crippen LogP contribution is 2.33. The van der Waals surface area contributed by atoms with Crippen molar-refractivity contribution in [1.29, 1.82) is 0 Å². The van der Waals surface area contributed by atoms with Crippen LogP contribution in [0.2, 0.25) is 15.1 Å². The molecule has 2 aromatic carbocycles. The summed E-state index contributed by atoms with van der Waals surface area (Å²) in [5, 5.41) is 1.36. The Hall–Kier alpha value is -1.00. The zero-order valence-electron chi connectivity index (χ0n) is 10.4. The number of H-pyrrole nitrogens is 1. The smallest absolute Gasteiger partial charge is 0.182 e. The number of nitrogens with one attached hydrogen (secondary N) is 1. The van der Waals surface area contributed by atoms with Crippen molar-refractivity contribution in [3.8, 4) is 5.69 Å². The number of halogens is 3. The number of aromatic amines is 1. The number of nitrogens with zero attached hydrogens (tertiary/aromatic N) is 1. The summed E-state index contributed by atoms with van der Waals surface area (Å²) in [4.78, 5) is 3.16. The summed E-state index contributed by atoms with van der Waals surface area (Å²) in [5.74, 6) is 0. The van der Waals surface area contributed by atoms with E-state index in [4.69, 9.17) is 47.0 Å². The Kier molecular flexibility index (Phi) is 3.55. The van der Waals surface area contributed by atoms with Crippen molar-refractivity contribution < 1.29 is 0 Å². The summed E-state index contributed by atoms with van der Waals surface area (Å²) in [6.45, 7) is 2.02. The van der Waals surface area contributed by atoms with Crippen LogP contribution in [-0.2, 0) is 0 Å². The molecule has 0 spiro atoms. The second-order valence-corrected chi connectivity index (χ2v) is 6.11. The molecule has 0 fully saturated rings. The maximum Gasteiger partial charge on any atom is 0.182 e. The third kappa shape index (κ3) is 2.25. The molecule has 3 rings (SSSR count). The van der Waals surface area contributed by atoms with Crippen LogP contribution < -0.4 is 0 Å². The van der Waals surface area contributed by atoms with Gasteiger partial charge in [0.2, 0.25) is 0 Å². The average Bonchev–Trinajstić information content (AvgIpc) is 2.69. The molecule has 0 aliphatic rings. The Morgan fingerprint density at radius 2 is 1.70 bits per heavy atom. The van der Waals surface area contributed by atoms with Gasteiger partial charge >= 0.3 is 0 Å². The maximum absolute atomic E-state index is 6.28. The first-order valence-electron chi connectivity index (χ1n) is 5.83. The predicted molar refractivity (Wildman–Crippen MR) is 88.2 cm³/mol. The molecule has 2 nitrogen and oxygen atoms in total. The summed E-state index contributed by atoms with van der Waals surface area (Å²) in [6.07, 6.45) is 0. The molecule has 3 aromatic rings. The molecule has 0 saturated heterocycles. The van der Waals surface area contributed by atoms with Gasteiger partial charge in [0.1, 0.15) is 0 Å². The Morgan fingerprint density at radius 3 is 2.45 bits per heavy atom. The van der Waals surface area contributed by atoms with Gasteiger partial charge < -0.3 is 4.98 Å². The zero-order valence-corrected chi connectivity index (χ0v) is 13.5. The highest BCUT2D eigenvalue weighted by atomic mass is 35.5. The van der Waals surface area contributed by atoms with Crippen molar-refractivity contribution >= 4 is 58.1 Å². The lowest BCUT2D eigenvalue weighted by molar-refractivity contribution is 1.06. The SMILES string of the molecule is Cc1ccc2[nH]c(=S)n(-c3cc(Cl)c(Cl)cc3Cl)c2c1. The Bertz CT molecular complexity index is 880. The third-order valence-electron chi connectivity index (χ3n) is 3.07. The molecule has 1 N–H and O–H groups in total. The first kappa shape index (κ1) is 14.0. The van der Waals surface area contributed by atoms with Gasteiger partial charge in [-0.05, 0) is 49.0 Å². The minimum atomic E-state index is 0.419. The Balaban J connectivity index is 2.40. The van der Waals surface area contributed by atoms with Crippen LogP contribution in [0.4, 0.5) is 0 Å². The van der Waals surface area contributed by atoms with Crippen molar-refractivity contribution in [3.05, 3.63) is 55.7 Å². The van der Waals surface area contributed by atoms with Gasteiger partial charge in [-0.25, -0.2) is 0 Å². The lowest BCUT2D eigenvalue weighted by Gasteiger charge is -2.09. The number of hydrogen-bond donors (Lipinski definition) is 1. The van der Waals surface area contributed by atoms with Crippen LogP contribution >= 0.6 is 47.0 Å². The number of hydrogen-bond acceptors (Lipinski definition) is 1. The van der Waals surface area contributed by atoms with Gasteiger partial charge in [-0.2, -0.15) is 0 Å². The van der Waals surface area contributed by atoms with Crippen LogP contribution in [-0.4, -0.2) is 9.55 Å². The standard InChI is InChI=1S/C14H9Cl3N2S/c1-7-2-3-11-13(4-7)19(14(20)18-11)12-6-9(16)8(15)5-10(12)17/h2-6H,1H3,(H,18,20). The minimum Gasteiger partial charge on any atom is -0.330 e. The van der Waals surface area contributed by atoms with E-state index in [0.29, 0.717) is 25.5 Å². The van der Waals surface area contributed by atoms with Gasteiger partial charge in [-0.3, -0.25) is 4.57 Å². The zero-order chi connectivity index (χ0) is 14.4. The number of fused-ring (bicyclic) bond motifs is 1. The molecule has 1 aromatic heterocycles. The number of rotatable bonds is 1. The van der Waals surface area contributed by atoms with Crippen molar-refractivity contribution in [3.63, 3.8) is 0 Å². The van der Waals surface area contributed by atoms with Gasteiger partial charge in [-0.15, -0.1) is 0 Å². The van der Waals surface area contributed by atoms with Gasteiger partial charge in [0.25, 0.3) is 0 Å². The molecular weight excluding hydrogens is 335 g/mol. The lowest BCUT2D eigenvalue weighted by atomic mass is 10.2. The molecule has 0 amide bonds. The molecule has 20 heavy (non-hydrogen) atoms. The van der Waals surface area contributed by atoms with Gasteiger partial charge in [0.05, 0.1) is 31.8 Å². The number of benzene rings is 2. The maximum atomic E-state index is 6.28. The summed E-state index contributed by atoms with van der Waals surface area (Å²) >= 11 is 23.7. The van der Waals surface area contributed by atoms with E-state index in [9.17, 15) is 0 Å². The largest absolute Gasteiger partial charge is 0.330 e. The number of imidazole rings is 1. The molecule has 0 radical (unpaired) electrons. The fourth-order valence-corrected chi connectivity index (χ4v) is 3.07. The van der Waals surface area contributed by atoms with Gasteiger partial charge in [0, 0.05) is 0 Å². The van der Waals surface area contributed by atoms with E-state index in [-0.39, 0.29) is 0 Å². The molecule has 0 aliphatic carbocycles. The van der Waals surface area contributed by atoms with Crippen LogP contribution in [0.5, 0.6) is 0 Å². The second-order valence-electron chi connectivity index (χ2n) is 4.50. The molecule has 1 heterocycles. The van der Waals surface area contributed by atoms with Crippen molar-refractivity contribution in [1.82, 2.24) is 9.55 Å². The fourth-order valence-electron chi connectivity index (χ4n) is 2.14. The van der Waals surface area contributed by atoms with Gasteiger partial charge in [-0.1, -0.05) is 40.9 Å². The van der Waals surface area contributed by atoms with E-state index >= 15 is 0 Å². The second kappa shape index (κ2) is 5.08. The van der Waals surface area contributed by atoms with Crippen molar-refractivity contribution in [2.24, 2.45) is 0 Å². The van der Waals surface area contributed by atoms with Crippen LogP contribution in [0.25, 0.3) is 16.7 Å². The molecule has 0 aliphatic heterocycles. The van der Waals surface area contributed by atoms with Crippen molar-refractivity contribution in [2.75, 3.05) is 0 Å². The summed E-state index contributed by atoms with van der Waals surface area (Å²) in [7, 11) is 0. The van der Waals surface area contributed by atoms with Crippen molar-refractivity contribution in [2.45, 2.75) is 6.92 Å². The predicted octanol–water partition coefficient (Wildman–Crippen LogP) is 5.96. The molecule has 0 saturated carbocycles.